The maximum absolute atomic E-state index is 9.81. The van der Waals surface area contributed by atoms with E-state index in [4.69, 9.17) is 0 Å². The fourth-order valence-electron chi connectivity index (χ4n) is 2.22. The van der Waals surface area contributed by atoms with E-state index in [1.807, 2.05) is 6.08 Å². The van der Waals surface area contributed by atoms with E-state index in [2.05, 4.69) is 25.7 Å². The summed E-state index contributed by atoms with van der Waals surface area (Å²) >= 11 is 0. The van der Waals surface area contributed by atoms with Gasteiger partial charge >= 0.3 is 0 Å². The van der Waals surface area contributed by atoms with E-state index < -0.39 is 0 Å². The minimum atomic E-state index is -0.190. The van der Waals surface area contributed by atoms with Crippen molar-refractivity contribution in [1.82, 2.24) is 5.32 Å². The van der Waals surface area contributed by atoms with Crippen molar-refractivity contribution < 1.29 is 5.11 Å². The van der Waals surface area contributed by atoms with E-state index in [0.29, 0.717) is 12.0 Å². The molecule has 0 bridgehead atoms. The van der Waals surface area contributed by atoms with E-state index >= 15 is 0 Å². The quantitative estimate of drug-likeness (QED) is 0.591. The van der Waals surface area contributed by atoms with E-state index in [-0.39, 0.29) is 6.10 Å². The largest absolute Gasteiger partial charge is 0.392 e. The second-order valence-electron chi connectivity index (χ2n) is 5.50. The van der Waals surface area contributed by atoms with E-state index in [0.717, 1.165) is 25.3 Å². The van der Waals surface area contributed by atoms with Crippen LogP contribution in [0.2, 0.25) is 0 Å². The zero-order chi connectivity index (χ0) is 12.0. The van der Waals surface area contributed by atoms with Gasteiger partial charge in [0.05, 0.1) is 6.10 Å². The molecule has 2 nitrogen and oxygen atoms in total. The van der Waals surface area contributed by atoms with Gasteiger partial charge in [0.1, 0.15) is 0 Å². The van der Waals surface area contributed by atoms with Crippen LogP contribution in [0.25, 0.3) is 0 Å². The molecule has 0 aromatic rings. The number of aliphatic hydroxyl groups is 1. The van der Waals surface area contributed by atoms with Crippen LogP contribution in [0.4, 0.5) is 0 Å². The van der Waals surface area contributed by atoms with Crippen molar-refractivity contribution in [1.29, 1.82) is 0 Å². The molecule has 0 spiro atoms. The molecule has 0 amide bonds. The normalized spacial score (nSPS) is 19.8. The average molecular weight is 225 g/mol. The average Bonchev–Trinajstić information content (AvgIpc) is 3.00. The molecule has 16 heavy (non-hydrogen) atoms. The minimum absolute atomic E-state index is 0.190. The highest BCUT2D eigenvalue weighted by molar-refractivity contribution is 4.88. The molecular weight excluding hydrogens is 198 g/mol. The van der Waals surface area contributed by atoms with Gasteiger partial charge < -0.3 is 10.4 Å². The molecule has 1 saturated carbocycles. The Balaban J connectivity index is 2.18. The van der Waals surface area contributed by atoms with Gasteiger partial charge in [-0.3, -0.25) is 0 Å². The molecule has 1 aliphatic rings. The molecule has 0 aliphatic heterocycles. The molecule has 0 saturated heterocycles. The van der Waals surface area contributed by atoms with Gasteiger partial charge in [-0.25, -0.2) is 0 Å². The summed E-state index contributed by atoms with van der Waals surface area (Å²) < 4.78 is 0. The summed E-state index contributed by atoms with van der Waals surface area (Å²) in [6, 6.07) is 0.597. The van der Waals surface area contributed by atoms with Crippen LogP contribution in [-0.4, -0.2) is 23.8 Å². The van der Waals surface area contributed by atoms with Gasteiger partial charge in [0, 0.05) is 12.6 Å². The highest BCUT2D eigenvalue weighted by atomic mass is 16.3. The van der Waals surface area contributed by atoms with Crippen molar-refractivity contribution in [3.8, 4) is 0 Å². The SMILES string of the molecule is C=CCCC(NCC(O)CC(C)C)C1CC1. The van der Waals surface area contributed by atoms with E-state index in [1.54, 1.807) is 0 Å². The molecule has 1 fully saturated rings. The molecule has 1 rings (SSSR count). The number of allylic oxidation sites excluding steroid dienone is 1. The molecule has 0 aromatic carbocycles. The maximum Gasteiger partial charge on any atom is 0.0667 e. The number of hydrogen-bond acceptors (Lipinski definition) is 2. The molecule has 2 atom stereocenters. The highest BCUT2D eigenvalue weighted by Crippen LogP contribution is 2.34. The molecule has 2 heteroatoms. The lowest BCUT2D eigenvalue weighted by Crippen LogP contribution is -2.37. The van der Waals surface area contributed by atoms with Crippen LogP contribution < -0.4 is 5.32 Å². The third kappa shape index (κ3) is 5.66. The van der Waals surface area contributed by atoms with Gasteiger partial charge in [-0.2, -0.15) is 0 Å². The zero-order valence-electron chi connectivity index (χ0n) is 10.8. The zero-order valence-corrected chi connectivity index (χ0v) is 10.8. The van der Waals surface area contributed by atoms with E-state index in [9.17, 15) is 5.11 Å². The second-order valence-corrected chi connectivity index (χ2v) is 5.50. The summed E-state index contributed by atoms with van der Waals surface area (Å²) in [5, 5.41) is 13.3. The Hall–Kier alpha value is -0.340. The van der Waals surface area contributed by atoms with Crippen molar-refractivity contribution >= 4 is 0 Å². The third-order valence-corrected chi connectivity index (χ3v) is 3.23. The van der Waals surface area contributed by atoms with Gasteiger partial charge in [-0.05, 0) is 43.9 Å². The highest BCUT2D eigenvalue weighted by Gasteiger charge is 2.30. The number of aliphatic hydroxyl groups excluding tert-OH is 1. The molecular formula is C14H27NO. The van der Waals surface area contributed by atoms with Crippen LogP contribution in [0.1, 0.15) is 46.0 Å². The summed E-state index contributed by atoms with van der Waals surface area (Å²) in [5.74, 6) is 1.43. The van der Waals surface area contributed by atoms with Crippen molar-refractivity contribution in [3.63, 3.8) is 0 Å². The lowest BCUT2D eigenvalue weighted by atomic mass is 10.0. The topological polar surface area (TPSA) is 32.3 Å². The molecule has 0 heterocycles. The van der Waals surface area contributed by atoms with Crippen molar-refractivity contribution in [2.75, 3.05) is 6.54 Å². The Morgan fingerprint density at radius 3 is 2.62 bits per heavy atom. The molecule has 2 unspecified atom stereocenters. The lowest BCUT2D eigenvalue weighted by molar-refractivity contribution is 0.140. The van der Waals surface area contributed by atoms with Gasteiger partial charge in [0.2, 0.25) is 0 Å². The van der Waals surface area contributed by atoms with Crippen molar-refractivity contribution in [2.45, 2.75) is 58.1 Å². The predicted octanol–water partition coefficient (Wildman–Crippen LogP) is 2.73. The van der Waals surface area contributed by atoms with Crippen LogP contribution in [0, 0.1) is 11.8 Å². The fraction of sp³-hybridized carbons (Fsp3) is 0.857. The van der Waals surface area contributed by atoms with Crippen LogP contribution in [-0.2, 0) is 0 Å². The second kappa shape index (κ2) is 7.08. The summed E-state index contributed by atoms with van der Waals surface area (Å²) in [6.45, 7) is 8.82. The minimum Gasteiger partial charge on any atom is -0.392 e. The van der Waals surface area contributed by atoms with Crippen LogP contribution in [0.3, 0.4) is 0 Å². The Bertz CT molecular complexity index is 199. The lowest BCUT2D eigenvalue weighted by Gasteiger charge is -2.21. The Kier molecular flexibility index (Phi) is 6.07. The maximum atomic E-state index is 9.81. The van der Waals surface area contributed by atoms with Crippen LogP contribution in [0.15, 0.2) is 12.7 Å². The van der Waals surface area contributed by atoms with Gasteiger partial charge in [-0.1, -0.05) is 19.9 Å². The Morgan fingerprint density at radius 2 is 2.12 bits per heavy atom. The molecule has 94 valence electrons. The van der Waals surface area contributed by atoms with Gasteiger partial charge in [0.25, 0.3) is 0 Å². The number of nitrogens with one attached hydrogen (secondary N) is 1. The molecule has 0 radical (unpaired) electrons. The first-order chi connectivity index (χ1) is 7.63. The molecule has 1 aliphatic carbocycles. The first-order valence-corrected chi connectivity index (χ1v) is 6.65. The summed E-state index contributed by atoms with van der Waals surface area (Å²) in [5.41, 5.74) is 0. The Labute approximate surface area is 100 Å². The smallest absolute Gasteiger partial charge is 0.0667 e. The number of rotatable bonds is 9. The summed E-state index contributed by atoms with van der Waals surface area (Å²) in [6.07, 6.45) is 7.65. The monoisotopic (exact) mass is 225 g/mol. The molecule has 0 aromatic heterocycles. The van der Waals surface area contributed by atoms with Gasteiger partial charge in [0.15, 0.2) is 0 Å². The first-order valence-electron chi connectivity index (χ1n) is 6.65. The third-order valence-electron chi connectivity index (χ3n) is 3.23. The predicted molar refractivity (Wildman–Crippen MR) is 69.4 cm³/mol. The number of hydrogen-bond donors (Lipinski definition) is 2. The first kappa shape index (κ1) is 13.7. The van der Waals surface area contributed by atoms with Crippen molar-refractivity contribution in [2.24, 2.45) is 11.8 Å². The summed E-state index contributed by atoms with van der Waals surface area (Å²) in [7, 11) is 0. The Morgan fingerprint density at radius 1 is 1.44 bits per heavy atom. The van der Waals surface area contributed by atoms with Gasteiger partial charge in [-0.15, -0.1) is 6.58 Å². The van der Waals surface area contributed by atoms with Crippen LogP contribution >= 0.6 is 0 Å². The fourth-order valence-corrected chi connectivity index (χ4v) is 2.22. The molecule has 2 N–H and O–H groups in total. The van der Waals surface area contributed by atoms with E-state index in [1.165, 1.54) is 19.3 Å². The summed E-state index contributed by atoms with van der Waals surface area (Å²) in [4.78, 5) is 0. The standard InChI is InChI=1S/C14H27NO/c1-4-5-6-14(12-7-8-12)15-10-13(16)9-11(2)3/h4,11-16H,1,5-10H2,2-3H3. The van der Waals surface area contributed by atoms with Crippen LogP contribution in [0.5, 0.6) is 0 Å². The van der Waals surface area contributed by atoms with Crippen molar-refractivity contribution in [3.05, 3.63) is 12.7 Å².